The zero-order valence-corrected chi connectivity index (χ0v) is 11.4. The molecule has 8 nitrogen and oxygen atoms in total. The van der Waals surface area contributed by atoms with Crippen molar-refractivity contribution in [2.45, 2.75) is 12.8 Å². The molecule has 0 aliphatic rings. The molecule has 0 aromatic heterocycles. The van der Waals surface area contributed by atoms with Crippen molar-refractivity contribution in [2.24, 2.45) is 0 Å². The molecule has 0 saturated heterocycles. The Labute approximate surface area is 106 Å². The minimum Gasteiger partial charge on any atom is -0.469 e. The van der Waals surface area contributed by atoms with Crippen LogP contribution in [0.5, 0.6) is 0 Å². The van der Waals surface area contributed by atoms with Gasteiger partial charge in [-0.15, -0.1) is 0 Å². The second kappa shape index (κ2) is 8.01. The number of ether oxygens (including phenoxy) is 2. The Hall–Kier alpha value is -1.19. The molecule has 0 aromatic carbocycles. The van der Waals surface area contributed by atoms with E-state index in [2.05, 4.69) is 14.2 Å². The van der Waals surface area contributed by atoms with Crippen LogP contribution in [-0.2, 0) is 29.3 Å². The van der Waals surface area contributed by atoms with Gasteiger partial charge < -0.3 is 9.47 Å². The molecule has 0 rings (SSSR count). The van der Waals surface area contributed by atoms with Crippen LogP contribution in [0.2, 0.25) is 0 Å². The molecular formula is C9H18N2O6S. The minimum absolute atomic E-state index is 0.000229. The molecule has 0 aromatic rings. The molecule has 1 N–H and O–H groups in total. The lowest BCUT2D eigenvalue weighted by molar-refractivity contribution is -0.141. The fraction of sp³-hybridized carbons (Fsp3) is 0.778. The molecule has 0 aliphatic carbocycles. The van der Waals surface area contributed by atoms with Crippen molar-refractivity contribution in [2.75, 3.05) is 34.4 Å². The first kappa shape index (κ1) is 16.8. The lowest BCUT2D eigenvalue weighted by Crippen LogP contribution is -2.40. The van der Waals surface area contributed by atoms with Crippen LogP contribution in [-0.4, -0.2) is 59.0 Å². The molecule has 0 radical (unpaired) electrons. The Morgan fingerprint density at radius 3 is 2.11 bits per heavy atom. The highest BCUT2D eigenvalue weighted by molar-refractivity contribution is 7.87. The van der Waals surface area contributed by atoms with Crippen molar-refractivity contribution < 1.29 is 27.5 Å². The van der Waals surface area contributed by atoms with Crippen LogP contribution in [0, 0.1) is 0 Å². The minimum atomic E-state index is -3.70. The molecule has 0 atom stereocenters. The van der Waals surface area contributed by atoms with Gasteiger partial charge in [-0.2, -0.15) is 12.7 Å². The average Bonchev–Trinajstić information content (AvgIpc) is 2.34. The Morgan fingerprint density at radius 1 is 1.11 bits per heavy atom. The molecule has 0 bridgehead atoms. The van der Waals surface area contributed by atoms with E-state index in [1.165, 1.54) is 21.3 Å². The van der Waals surface area contributed by atoms with Crippen molar-refractivity contribution in [3.8, 4) is 0 Å². The summed E-state index contributed by atoms with van der Waals surface area (Å²) in [4.78, 5) is 21.6. The van der Waals surface area contributed by atoms with Gasteiger partial charge in [-0.05, 0) is 0 Å². The zero-order valence-electron chi connectivity index (χ0n) is 10.6. The van der Waals surface area contributed by atoms with E-state index in [0.717, 1.165) is 4.31 Å². The van der Waals surface area contributed by atoms with Crippen molar-refractivity contribution in [1.82, 2.24) is 9.03 Å². The molecule has 0 aliphatic heterocycles. The highest BCUT2D eigenvalue weighted by Crippen LogP contribution is 1.97. The maximum absolute atomic E-state index is 11.6. The summed E-state index contributed by atoms with van der Waals surface area (Å²) in [5.74, 6) is -0.999. The number of carbonyl (C=O) groups is 2. The highest BCUT2D eigenvalue weighted by atomic mass is 32.2. The van der Waals surface area contributed by atoms with Gasteiger partial charge in [0.2, 0.25) is 0 Å². The quantitative estimate of drug-likeness (QED) is 0.566. The summed E-state index contributed by atoms with van der Waals surface area (Å²) < 4.78 is 35.2. The van der Waals surface area contributed by atoms with E-state index >= 15 is 0 Å². The number of hydrogen-bond acceptors (Lipinski definition) is 6. The van der Waals surface area contributed by atoms with E-state index in [9.17, 15) is 18.0 Å². The van der Waals surface area contributed by atoms with Crippen LogP contribution in [0.1, 0.15) is 12.8 Å². The number of esters is 2. The van der Waals surface area contributed by atoms with Crippen LogP contribution in [0.4, 0.5) is 0 Å². The number of rotatable bonds is 8. The molecule has 0 heterocycles. The van der Waals surface area contributed by atoms with Gasteiger partial charge in [0.25, 0.3) is 10.2 Å². The number of methoxy groups -OCH3 is 2. The van der Waals surface area contributed by atoms with Crippen LogP contribution >= 0.6 is 0 Å². The highest BCUT2D eigenvalue weighted by Gasteiger charge is 2.18. The summed E-state index contributed by atoms with van der Waals surface area (Å²) in [7, 11) is 0.0717. The standard InChI is InChI=1S/C9H18N2O6S/c1-11(7-5-9(13)17-3)18(14,15)10-6-4-8(12)16-2/h10H,4-7H2,1-3H3. The van der Waals surface area contributed by atoms with Crippen LogP contribution in [0.25, 0.3) is 0 Å². The third kappa shape index (κ3) is 6.52. The van der Waals surface area contributed by atoms with Gasteiger partial charge in [0.15, 0.2) is 0 Å². The first-order valence-corrected chi connectivity index (χ1v) is 6.62. The topological polar surface area (TPSA) is 102 Å². The predicted molar refractivity (Wildman–Crippen MR) is 62.8 cm³/mol. The van der Waals surface area contributed by atoms with Crippen molar-refractivity contribution in [3.05, 3.63) is 0 Å². The Balaban J connectivity index is 4.11. The number of nitrogens with one attached hydrogen (secondary N) is 1. The molecule has 9 heteroatoms. The first-order chi connectivity index (χ1) is 8.33. The molecule has 0 spiro atoms. The van der Waals surface area contributed by atoms with Gasteiger partial charge in [-0.1, -0.05) is 0 Å². The normalized spacial score (nSPS) is 11.3. The molecule has 0 unspecified atom stereocenters. The Morgan fingerprint density at radius 2 is 1.61 bits per heavy atom. The average molecular weight is 282 g/mol. The second-order valence-corrected chi connectivity index (χ2v) is 5.24. The maximum atomic E-state index is 11.6. The molecule has 106 valence electrons. The summed E-state index contributed by atoms with van der Waals surface area (Å²) in [6.07, 6.45) is -0.0918. The van der Waals surface area contributed by atoms with Gasteiger partial charge in [0, 0.05) is 20.1 Å². The molecule has 0 saturated carbocycles. The summed E-state index contributed by atoms with van der Waals surface area (Å²) in [6, 6.07) is 0. The summed E-state index contributed by atoms with van der Waals surface area (Å²) in [5, 5.41) is 0. The number of nitrogens with zero attached hydrogens (tertiary/aromatic N) is 1. The molecule has 18 heavy (non-hydrogen) atoms. The smallest absolute Gasteiger partial charge is 0.306 e. The number of hydrogen-bond donors (Lipinski definition) is 1. The van der Waals surface area contributed by atoms with Gasteiger partial charge in [0.05, 0.1) is 27.1 Å². The molecule has 0 fully saturated rings. The van der Waals surface area contributed by atoms with Crippen LogP contribution in [0.3, 0.4) is 0 Å². The van der Waals surface area contributed by atoms with Crippen molar-refractivity contribution in [3.63, 3.8) is 0 Å². The zero-order chi connectivity index (χ0) is 14.2. The third-order valence-corrected chi connectivity index (χ3v) is 3.68. The lowest BCUT2D eigenvalue weighted by Gasteiger charge is -2.16. The van der Waals surface area contributed by atoms with Gasteiger partial charge in [-0.25, -0.2) is 4.72 Å². The maximum Gasteiger partial charge on any atom is 0.306 e. The predicted octanol–water partition coefficient (Wildman–Crippen LogP) is -1.12. The van der Waals surface area contributed by atoms with Crippen LogP contribution < -0.4 is 4.72 Å². The summed E-state index contributed by atoms with van der Waals surface area (Å²) in [5.41, 5.74) is 0. The van der Waals surface area contributed by atoms with Gasteiger partial charge >= 0.3 is 11.9 Å². The molecular weight excluding hydrogens is 264 g/mol. The van der Waals surface area contributed by atoms with Gasteiger partial charge in [0.1, 0.15) is 0 Å². The Bertz CT molecular complexity index is 381. The van der Waals surface area contributed by atoms with Crippen molar-refractivity contribution >= 4 is 22.1 Å². The van der Waals surface area contributed by atoms with Crippen molar-refractivity contribution in [1.29, 1.82) is 0 Å². The monoisotopic (exact) mass is 282 g/mol. The molecule has 0 amide bonds. The second-order valence-electron chi connectivity index (χ2n) is 3.37. The largest absolute Gasteiger partial charge is 0.469 e. The summed E-state index contributed by atoms with van der Waals surface area (Å²) >= 11 is 0. The van der Waals surface area contributed by atoms with E-state index < -0.39 is 22.1 Å². The SMILES string of the molecule is COC(=O)CCNS(=O)(=O)N(C)CCC(=O)OC. The fourth-order valence-electron chi connectivity index (χ4n) is 0.965. The first-order valence-electron chi connectivity index (χ1n) is 5.18. The fourth-order valence-corrected chi connectivity index (χ4v) is 1.88. The van der Waals surface area contributed by atoms with Gasteiger partial charge in [-0.3, -0.25) is 9.59 Å². The van der Waals surface area contributed by atoms with Crippen LogP contribution in [0.15, 0.2) is 0 Å². The van der Waals surface area contributed by atoms with E-state index in [1.54, 1.807) is 0 Å². The van der Waals surface area contributed by atoms with E-state index in [4.69, 9.17) is 0 Å². The Kier molecular flexibility index (Phi) is 7.48. The van der Waals surface area contributed by atoms with E-state index in [-0.39, 0.29) is 25.9 Å². The van der Waals surface area contributed by atoms with E-state index in [1.807, 2.05) is 0 Å². The van der Waals surface area contributed by atoms with E-state index in [0.29, 0.717) is 0 Å². The summed E-state index contributed by atoms with van der Waals surface area (Å²) in [6.45, 7) is -0.0577. The third-order valence-electron chi connectivity index (χ3n) is 2.11. The number of carbonyl (C=O) groups excluding carboxylic acids is 2. The lowest BCUT2D eigenvalue weighted by atomic mass is 10.4.